The van der Waals surface area contributed by atoms with Gasteiger partial charge in [-0.15, -0.1) is 0 Å². The third-order valence-corrected chi connectivity index (χ3v) is 5.98. The van der Waals surface area contributed by atoms with Gasteiger partial charge >= 0.3 is 12.1 Å². The van der Waals surface area contributed by atoms with Gasteiger partial charge in [-0.2, -0.15) is 0 Å². The van der Waals surface area contributed by atoms with Gasteiger partial charge in [0.25, 0.3) is 0 Å². The fourth-order valence-electron chi connectivity index (χ4n) is 4.55. The summed E-state index contributed by atoms with van der Waals surface area (Å²) in [7, 11) is 0. The molecule has 0 aliphatic carbocycles. The summed E-state index contributed by atoms with van der Waals surface area (Å²) < 4.78 is 0. The van der Waals surface area contributed by atoms with Crippen molar-refractivity contribution in [2.45, 2.75) is 51.9 Å². The van der Waals surface area contributed by atoms with Gasteiger partial charge in [0.1, 0.15) is 0 Å². The molecule has 0 radical (unpaired) electrons. The van der Waals surface area contributed by atoms with Crippen LogP contribution in [0.25, 0.3) is 10.8 Å². The number of likely N-dealkylation sites (tertiary alicyclic amines) is 1. The van der Waals surface area contributed by atoms with Crippen LogP contribution in [-0.2, 0) is 6.54 Å². The fraction of sp³-hybridized carbons (Fsp3) is 0.455. The molecule has 2 saturated heterocycles. The van der Waals surface area contributed by atoms with E-state index in [2.05, 4.69) is 41.8 Å². The molecule has 2 aliphatic heterocycles. The highest BCUT2D eigenvalue weighted by Gasteiger charge is 2.44. The molecule has 28 heavy (non-hydrogen) atoms. The summed E-state index contributed by atoms with van der Waals surface area (Å²) in [6.45, 7) is 7.89. The number of carbonyl (C=O) groups excluding carboxylic acids is 2. The van der Waals surface area contributed by atoms with Crippen LogP contribution in [-0.4, -0.2) is 53.1 Å². The van der Waals surface area contributed by atoms with Crippen LogP contribution in [0.4, 0.5) is 9.59 Å². The third-order valence-electron chi connectivity index (χ3n) is 5.98. The van der Waals surface area contributed by atoms with Crippen molar-refractivity contribution in [3.05, 3.63) is 47.5 Å². The Labute approximate surface area is 165 Å². The maximum atomic E-state index is 12.7. The molecule has 4 rings (SSSR count). The molecule has 0 saturated carbocycles. The number of nitrogens with one attached hydrogen (secondary N) is 2. The molecule has 148 valence electrons. The largest absolute Gasteiger partial charge is 0.334 e. The van der Waals surface area contributed by atoms with Crippen LogP contribution in [0.15, 0.2) is 36.4 Å². The molecule has 2 aromatic rings. The van der Waals surface area contributed by atoms with Crippen LogP contribution >= 0.6 is 0 Å². The second-order valence-electron chi connectivity index (χ2n) is 8.10. The van der Waals surface area contributed by atoms with Gasteiger partial charge in [-0.05, 0) is 49.1 Å². The number of amides is 4. The molecule has 2 heterocycles. The van der Waals surface area contributed by atoms with Gasteiger partial charge in [0, 0.05) is 25.7 Å². The zero-order valence-corrected chi connectivity index (χ0v) is 16.7. The minimum Gasteiger partial charge on any atom is -0.334 e. The molecule has 0 unspecified atom stereocenters. The quantitative estimate of drug-likeness (QED) is 0.859. The number of hydrogen-bond donors (Lipinski definition) is 2. The van der Waals surface area contributed by atoms with Gasteiger partial charge < -0.3 is 20.4 Å². The Kier molecular flexibility index (Phi) is 4.87. The summed E-state index contributed by atoms with van der Waals surface area (Å²) in [5.74, 6) is 0. The number of rotatable bonds is 3. The molecule has 2 atom stereocenters. The molecule has 2 aromatic carbocycles. The lowest BCUT2D eigenvalue weighted by molar-refractivity contribution is 0.133. The van der Waals surface area contributed by atoms with Gasteiger partial charge in [-0.3, -0.25) is 0 Å². The number of nitrogens with zero attached hydrogens (tertiary/aromatic N) is 2. The number of urea groups is 2. The summed E-state index contributed by atoms with van der Waals surface area (Å²) in [6, 6.07) is 12.7. The van der Waals surface area contributed by atoms with Crippen LogP contribution in [0.3, 0.4) is 0 Å². The molecule has 0 bridgehead atoms. The van der Waals surface area contributed by atoms with E-state index in [0.717, 1.165) is 12.0 Å². The summed E-state index contributed by atoms with van der Waals surface area (Å²) in [4.78, 5) is 28.7. The predicted molar refractivity (Wildman–Crippen MR) is 110 cm³/mol. The Bertz CT molecular complexity index is 911. The van der Waals surface area contributed by atoms with E-state index in [0.29, 0.717) is 19.6 Å². The highest BCUT2D eigenvalue weighted by molar-refractivity contribution is 5.89. The number of hydrogen-bond acceptors (Lipinski definition) is 2. The number of carbonyl (C=O) groups is 2. The molecule has 0 aromatic heterocycles. The van der Waals surface area contributed by atoms with Crippen molar-refractivity contribution in [3.63, 3.8) is 0 Å². The topological polar surface area (TPSA) is 64.7 Å². The van der Waals surface area contributed by atoms with Crippen LogP contribution in [0.5, 0.6) is 0 Å². The van der Waals surface area contributed by atoms with Crippen LogP contribution in [0.2, 0.25) is 0 Å². The predicted octanol–water partition coefficient (Wildman–Crippen LogP) is 3.23. The van der Waals surface area contributed by atoms with E-state index in [1.807, 2.05) is 35.8 Å². The SMILES string of the molecule is Cc1ccc(CNC(=O)N2CC[C@H]3[C@@H](C2)NC(=O)N3C(C)C)c2ccccc12. The molecule has 2 fully saturated rings. The van der Waals surface area contributed by atoms with Crippen LogP contribution < -0.4 is 10.6 Å². The molecular weight excluding hydrogens is 352 g/mol. The molecule has 6 nitrogen and oxygen atoms in total. The normalized spacial score (nSPS) is 21.8. The standard InChI is InChI=1S/C22H28N4O2/c1-14(2)26-20-10-11-25(13-19(20)24-22(26)28)21(27)23-12-16-9-8-15(3)17-6-4-5-7-18(16)17/h4-9,14,19-20H,10-13H2,1-3H3,(H,23,27)(H,24,28)/t19-,20+/m1/s1. The maximum Gasteiger partial charge on any atom is 0.318 e. The lowest BCUT2D eigenvalue weighted by Gasteiger charge is -2.37. The lowest BCUT2D eigenvalue weighted by atomic mass is 9.99. The molecular formula is C22H28N4O2. The molecule has 6 heteroatoms. The monoisotopic (exact) mass is 380 g/mol. The van der Waals surface area contributed by atoms with Crippen molar-refractivity contribution >= 4 is 22.8 Å². The Morgan fingerprint density at radius 1 is 1.21 bits per heavy atom. The first-order valence-corrected chi connectivity index (χ1v) is 10.0. The molecule has 2 N–H and O–H groups in total. The third kappa shape index (κ3) is 3.28. The second kappa shape index (κ2) is 7.34. The van der Waals surface area contributed by atoms with E-state index in [-0.39, 0.29) is 30.2 Å². The maximum absolute atomic E-state index is 12.7. The van der Waals surface area contributed by atoms with Gasteiger partial charge in [0.15, 0.2) is 0 Å². The summed E-state index contributed by atoms with van der Waals surface area (Å²) >= 11 is 0. The lowest BCUT2D eigenvalue weighted by Crippen LogP contribution is -2.55. The van der Waals surface area contributed by atoms with Gasteiger partial charge in [0.05, 0.1) is 12.1 Å². The first-order chi connectivity index (χ1) is 13.5. The Balaban J connectivity index is 1.41. The van der Waals surface area contributed by atoms with Gasteiger partial charge in [-0.25, -0.2) is 9.59 Å². The van der Waals surface area contributed by atoms with Crippen molar-refractivity contribution in [3.8, 4) is 0 Å². The molecule has 0 spiro atoms. The minimum absolute atomic E-state index is 0.00889. The van der Waals surface area contributed by atoms with Crippen molar-refractivity contribution in [1.29, 1.82) is 0 Å². The van der Waals surface area contributed by atoms with Crippen molar-refractivity contribution < 1.29 is 9.59 Å². The summed E-state index contributed by atoms with van der Waals surface area (Å²) in [5.41, 5.74) is 2.35. The molecule has 4 amide bonds. The van der Waals surface area contributed by atoms with Crippen LogP contribution in [0.1, 0.15) is 31.4 Å². The Hall–Kier alpha value is -2.76. The second-order valence-corrected chi connectivity index (χ2v) is 8.10. The summed E-state index contributed by atoms with van der Waals surface area (Å²) in [5, 5.41) is 8.51. The zero-order valence-electron chi connectivity index (χ0n) is 16.7. The average molecular weight is 380 g/mol. The number of fused-ring (bicyclic) bond motifs is 2. The first-order valence-electron chi connectivity index (χ1n) is 10.0. The fourth-order valence-corrected chi connectivity index (χ4v) is 4.55. The number of aryl methyl sites for hydroxylation is 1. The highest BCUT2D eigenvalue weighted by atomic mass is 16.2. The minimum atomic E-state index is -0.0691. The van der Waals surface area contributed by atoms with Crippen LogP contribution in [0, 0.1) is 6.92 Å². The number of piperidine rings is 1. The highest BCUT2D eigenvalue weighted by Crippen LogP contribution is 2.25. The van der Waals surface area contributed by atoms with E-state index < -0.39 is 0 Å². The van der Waals surface area contributed by atoms with E-state index in [1.165, 1.54) is 16.3 Å². The van der Waals surface area contributed by atoms with Crippen molar-refractivity contribution in [2.24, 2.45) is 0 Å². The zero-order chi connectivity index (χ0) is 19.8. The van der Waals surface area contributed by atoms with E-state index >= 15 is 0 Å². The first kappa shape index (κ1) is 18.6. The Morgan fingerprint density at radius 2 is 1.96 bits per heavy atom. The van der Waals surface area contributed by atoms with E-state index in [9.17, 15) is 9.59 Å². The van der Waals surface area contributed by atoms with E-state index in [4.69, 9.17) is 0 Å². The average Bonchev–Trinajstić information content (AvgIpc) is 3.02. The summed E-state index contributed by atoms with van der Waals surface area (Å²) in [6.07, 6.45) is 0.808. The van der Waals surface area contributed by atoms with Gasteiger partial charge in [-0.1, -0.05) is 36.4 Å². The smallest absolute Gasteiger partial charge is 0.318 e. The van der Waals surface area contributed by atoms with Gasteiger partial charge in [0.2, 0.25) is 0 Å². The molecule has 2 aliphatic rings. The van der Waals surface area contributed by atoms with E-state index in [1.54, 1.807) is 0 Å². The van der Waals surface area contributed by atoms with Crippen molar-refractivity contribution in [1.82, 2.24) is 20.4 Å². The Morgan fingerprint density at radius 3 is 2.71 bits per heavy atom. The number of benzene rings is 2. The van der Waals surface area contributed by atoms with Crippen molar-refractivity contribution in [2.75, 3.05) is 13.1 Å².